The van der Waals surface area contributed by atoms with Gasteiger partial charge in [-0.05, 0) is 0 Å². The minimum atomic E-state index is -3.13. The molecule has 0 aliphatic carbocycles. The Balaban J connectivity index is -0.00000000214. The van der Waals surface area contributed by atoms with Gasteiger partial charge in [-0.15, -0.1) is 0 Å². The second-order valence-electron chi connectivity index (χ2n) is 0.283. The normalized spacial score (nSPS) is 3.43. The molecule has 0 spiro atoms. The Morgan fingerprint density at radius 3 is 1.43 bits per heavy atom. The molecule has 7 heavy (non-hydrogen) atoms. The van der Waals surface area contributed by atoms with Crippen LogP contribution in [0.5, 0.6) is 0 Å². The molecule has 0 saturated heterocycles. The first kappa shape index (κ1) is 22.7. The van der Waals surface area contributed by atoms with Gasteiger partial charge in [0.15, 0.2) is 17.4 Å². The van der Waals surface area contributed by atoms with E-state index in [1.54, 1.807) is 0 Å². The maximum Gasteiger partial charge on any atom is 2.00 e. The zero-order valence-electron chi connectivity index (χ0n) is 7.22. The van der Waals surface area contributed by atoms with E-state index in [0.717, 1.165) is 0 Å². The summed E-state index contributed by atoms with van der Waals surface area (Å²) in [5, 5.41) is 0. The van der Waals surface area contributed by atoms with Crippen molar-refractivity contribution < 1.29 is 19.8 Å². The third-order valence-electron chi connectivity index (χ3n) is 0. The number of hydrogen-bond donors (Lipinski definition) is 2. The molecule has 3 nitrogen and oxygen atoms in total. The summed E-state index contributed by atoms with van der Waals surface area (Å²) < 4.78 is 8.74. The van der Waals surface area contributed by atoms with Crippen LogP contribution in [0.25, 0.3) is 0 Å². The second-order valence-corrected chi connectivity index (χ2v) is 0.848. The summed E-state index contributed by atoms with van der Waals surface area (Å²) in [6.45, 7) is 0. The fourth-order valence-electron chi connectivity index (χ4n) is 0. The van der Waals surface area contributed by atoms with Crippen LogP contribution in [-0.2, 0) is 4.46 Å². The fourth-order valence-corrected chi connectivity index (χ4v) is 0. The Hall–Kier alpha value is 2.49. The summed E-state index contributed by atoms with van der Waals surface area (Å²) >= 11 is 0. The van der Waals surface area contributed by atoms with Gasteiger partial charge in [0, 0.05) is 0 Å². The van der Waals surface area contributed by atoms with Crippen molar-refractivity contribution in [1.82, 2.24) is 0 Å². The molecule has 0 aliphatic heterocycles. The van der Waals surface area contributed by atoms with Gasteiger partial charge in [0.25, 0.3) is 0 Å². The van der Waals surface area contributed by atoms with Crippen LogP contribution < -0.4 is 0 Å². The van der Waals surface area contributed by atoms with Gasteiger partial charge >= 0.3 is 81.1 Å². The first-order valence-electron chi connectivity index (χ1n) is 0.651. The third-order valence-corrected chi connectivity index (χ3v) is 0. The zero-order chi connectivity index (χ0) is 3.58. The summed E-state index contributed by atoms with van der Waals surface area (Å²) in [5.41, 5.74) is 0. The Bertz CT molecular complexity index is 48.3. The first-order valence-corrected chi connectivity index (χ1v) is 1.95. The molecule has 2 N–H and O–H groups in total. The maximum absolute atomic E-state index is 8.74. The fraction of sp³-hybridized carbons (Fsp3) is 0. The third kappa shape index (κ3) is 57.7. The predicted octanol–water partition coefficient (Wildman–Crippen LogP) is -3.11. The molecule has 0 aliphatic rings. The van der Waals surface area contributed by atoms with Crippen molar-refractivity contribution in [2.24, 2.45) is 0 Å². The monoisotopic (exact) mass is 274 g/mol. The van der Waals surface area contributed by atoms with Gasteiger partial charge in [0.2, 0.25) is 0 Å². The summed E-state index contributed by atoms with van der Waals surface area (Å²) in [7, 11) is -3.13. The zero-order valence-corrected chi connectivity index (χ0v) is 10.1. The van der Waals surface area contributed by atoms with Crippen molar-refractivity contribution in [3.8, 4) is 0 Å². The molecule has 0 heterocycles. The molecular formula is H9AlBaMgO3Si. The standard InChI is InChI=1S/Al.Ba.Mg.H2O3Si.7H/c;;;1-4(2)3;;;;;;;/h;;;1-2H;;;;;;;/q;2*+2;;;;;4*-1. The van der Waals surface area contributed by atoms with Crippen LogP contribution in [0, 0.1) is 0 Å². The van der Waals surface area contributed by atoms with E-state index in [2.05, 4.69) is 0 Å². The van der Waals surface area contributed by atoms with E-state index in [9.17, 15) is 0 Å². The van der Waals surface area contributed by atoms with Crippen molar-refractivity contribution in [2.45, 2.75) is 0 Å². The average molecular weight is 274 g/mol. The van der Waals surface area contributed by atoms with Crippen molar-refractivity contribution in [3.05, 3.63) is 0 Å². The van der Waals surface area contributed by atoms with Gasteiger partial charge in [-0.3, -0.25) is 4.46 Å². The molecule has 0 amide bonds. The molecule has 0 rings (SSSR count). The van der Waals surface area contributed by atoms with Crippen molar-refractivity contribution in [2.75, 3.05) is 0 Å². The van der Waals surface area contributed by atoms with Crippen LogP contribution in [0.2, 0.25) is 0 Å². The molecule has 0 unspecified atom stereocenters. The predicted molar refractivity (Wildman–Crippen MR) is 36.8 cm³/mol. The van der Waals surface area contributed by atoms with Gasteiger partial charge in [0.1, 0.15) is 0 Å². The number of hydrogen-bond acceptors (Lipinski definition) is 1. The second kappa shape index (κ2) is 15.8. The number of rotatable bonds is 0. The molecule has 7 heteroatoms. The van der Waals surface area contributed by atoms with E-state index in [1.165, 1.54) is 0 Å². The van der Waals surface area contributed by atoms with Gasteiger partial charge < -0.3 is 15.3 Å². The molecule has 0 aromatic rings. The average Bonchev–Trinajstić information content (AvgIpc) is 0.811. The molecule has 0 aromatic carbocycles. The van der Waals surface area contributed by atoms with Gasteiger partial charge in [-0.1, -0.05) is 0 Å². The van der Waals surface area contributed by atoms with Crippen molar-refractivity contribution in [3.63, 3.8) is 0 Å². The SMILES string of the molecule is O=[Si](O)O.[AlH3].[Ba+2].[H-].[H-].[H-].[H-].[Mg+2]. The van der Waals surface area contributed by atoms with E-state index in [1.807, 2.05) is 0 Å². The first-order chi connectivity index (χ1) is 1.73. The molecule has 0 atom stereocenters. The summed E-state index contributed by atoms with van der Waals surface area (Å²) in [6.07, 6.45) is 0. The van der Waals surface area contributed by atoms with Gasteiger partial charge in [0.05, 0.1) is 0 Å². The molecular weight excluding hydrogens is 265 g/mol. The Kier molecular flexibility index (Phi) is 51.2. The van der Waals surface area contributed by atoms with Crippen LogP contribution in [0.1, 0.15) is 5.71 Å². The van der Waals surface area contributed by atoms with Crippen LogP contribution in [0.15, 0.2) is 0 Å². The Morgan fingerprint density at radius 1 is 1.43 bits per heavy atom. The largest absolute Gasteiger partial charge is 2.00 e. The van der Waals surface area contributed by atoms with Crippen LogP contribution >= 0.6 is 0 Å². The minimum absolute atomic E-state index is 0. The van der Waals surface area contributed by atoms with Gasteiger partial charge in [-0.25, -0.2) is 0 Å². The Morgan fingerprint density at radius 2 is 1.43 bits per heavy atom. The van der Waals surface area contributed by atoms with Crippen LogP contribution in [-0.4, -0.2) is 108 Å². The minimum Gasteiger partial charge on any atom is -1.00 e. The molecule has 0 bridgehead atoms. The van der Waals surface area contributed by atoms with E-state index in [4.69, 9.17) is 14.1 Å². The smallest absolute Gasteiger partial charge is 1.00 e. The topological polar surface area (TPSA) is 57.5 Å². The quantitative estimate of drug-likeness (QED) is 0.460. The molecule has 0 radical (unpaired) electrons. The van der Waals surface area contributed by atoms with E-state index in [0.29, 0.717) is 0 Å². The molecule has 0 aromatic heterocycles. The Labute approximate surface area is 116 Å². The van der Waals surface area contributed by atoms with Crippen molar-refractivity contribution in [1.29, 1.82) is 0 Å². The van der Waals surface area contributed by atoms with E-state index in [-0.39, 0.29) is 95.0 Å². The van der Waals surface area contributed by atoms with Crippen LogP contribution in [0.3, 0.4) is 0 Å². The van der Waals surface area contributed by atoms with Gasteiger partial charge in [-0.2, -0.15) is 0 Å². The molecule has 0 fully saturated rings. The molecule has 0 saturated carbocycles. The maximum atomic E-state index is 8.74. The van der Waals surface area contributed by atoms with Crippen molar-refractivity contribution >= 4 is 98.5 Å². The van der Waals surface area contributed by atoms with E-state index >= 15 is 0 Å². The van der Waals surface area contributed by atoms with Crippen LogP contribution in [0.4, 0.5) is 0 Å². The van der Waals surface area contributed by atoms with E-state index < -0.39 is 9.17 Å². The summed E-state index contributed by atoms with van der Waals surface area (Å²) in [6, 6.07) is 0. The summed E-state index contributed by atoms with van der Waals surface area (Å²) in [5.74, 6) is 0. The molecule has 38 valence electrons. The summed E-state index contributed by atoms with van der Waals surface area (Å²) in [4.78, 5) is 14.3.